The summed E-state index contributed by atoms with van der Waals surface area (Å²) in [7, 11) is 1.69. The first-order valence-corrected chi connectivity index (χ1v) is 15.5. The van der Waals surface area contributed by atoms with E-state index in [1.165, 1.54) is 0 Å². The number of hydrogen-bond acceptors (Lipinski definition) is 6. The third kappa shape index (κ3) is 7.42. The molecule has 1 aliphatic rings. The number of methoxy groups -OCH3 is 1. The largest absolute Gasteiger partial charge is 0.495 e. The zero-order valence-electron chi connectivity index (χ0n) is 24.7. The predicted octanol–water partition coefficient (Wildman–Crippen LogP) is 6.88. The van der Waals surface area contributed by atoms with Crippen LogP contribution < -0.4 is 30.5 Å². The van der Waals surface area contributed by atoms with Crippen LogP contribution in [0.5, 0.6) is 5.75 Å². The summed E-state index contributed by atoms with van der Waals surface area (Å²) in [6.45, 7) is 4.98. The highest BCUT2D eigenvalue weighted by Crippen LogP contribution is 2.31. The number of benzene rings is 4. The quantitative estimate of drug-likeness (QED) is 0.183. The van der Waals surface area contributed by atoms with Crippen LogP contribution in [-0.2, 0) is 0 Å². The van der Waals surface area contributed by atoms with Crippen LogP contribution in [0.3, 0.4) is 0 Å². The number of piperazine rings is 1. The smallest absolute Gasteiger partial charge is 0.323 e. The minimum absolute atomic E-state index is 0.187. The molecule has 8 nitrogen and oxygen atoms in total. The van der Waals surface area contributed by atoms with Gasteiger partial charge in [-0.2, -0.15) is 0 Å². The Morgan fingerprint density at radius 3 is 2.05 bits per heavy atom. The van der Waals surface area contributed by atoms with E-state index < -0.39 is 0 Å². The lowest BCUT2D eigenvalue weighted by molar-refractivity contribution is 0.0940. The molecule has 43 heavy (non-hydrogen) atoms. The Morgan fingerprint density at radius 1 is 0.767 bits per heavy atom. The van der Waals surface area contributed by atoms with Crippen LogP contribution in [-0.4, -0.2) is 51.5 Å². The van der Waals surface area contributed by atoms with E-state index in [-0.39, 0.29) is 18.0 Å². The fourth-order valence-electron chi connectivity index (χ4n) is 5.22. The van der Waals surface area contributed by atoms with Crippen molar-refractivity contribution in [2.75, 3.05) is 60.0 Å². The molecule has 0 spiro atoms. The molecule has 4 aromatic carbocycles. The summed E-state index contributed by atoms with van der Waals surface area (Å²) in [6, 6.07) is 30.5. The lowest BCUT2D eigenvalue weighted by Gasteiger charge is -2.38. The van der Waals surface area contributed by atoms with Crippen molar-refractivity contribution >= 4 is 46.4 Å². The van der Waals surface area contributed by atoms with Gasteiger partial charge in [-0.25, -0.2) is 4.79 Å². The second-order valence-corrected chi connectivity index (χ2v) is 11.2. The molecular weight excluding hydrogens is 558 g/mol. The maximum atomic E-state index is 13.8. The maximum absolute atomic E-state index is 13.8. The van der Waals surface area contributed by atoms with Crippen LogP contribution in [0.4, 0.5) is 27.5 Å². The highest BCUT2D eigenvalue weighted by atomic mass is 32.2. The van der Waals surface area contributed by atoms with Gasteiger partial charge in [-0.15, -0.1) is 11.8 Å². The lowest BCUT2D eigenvalue weighted by Crippen LogP contribution is -2.47. The van der Waals surface area contributed by atoms with Gasteiger partial charge in [-0.05, 0) is 73.3 Å². The van der Waals surface area contributed by atoms with E-state index in [9.17, 15) is 9.59 Å². The number of nitrogens with zero attached hydrogens (tertiary/aromatic N) is 2. The molecule has 5 rings (SSSR count). The van der Waals surface area contributed by atoms with Crippen LogP contribution in [0, 0.1) is 0 Å². The molecule has 9 heteroatoms. The normalized spacial score (nSPS) is 13.7. The SMILES string of the molecule is COc1ccccc1N1CCN(c2ccc(NC(=O)Nc3ccc(SC)cc3)cc2C(=O)N[C@@H](C)c2ccccc2)CC1. The van der Waals surface area contributed by atoms with Crippen LogP contribution in [0.1, 0.15) is 28.9 Å². The molecule has 0 unspecified atom stereocenters. The van der Waals surface area contributed by atoms with Crippen molar-refractivity contribution in [1.29, 1.82) is 0 Å². The summed E-state index contributed by atoms with van der Waals surface area (Å²) in [5.74, 6) is 0.648. The van der Waals surface area contributed by atoms with Crippen LogP contribution in [0.25, 0.3) is 0 Å². The van der Waals surface area contributed by atoms with E-state index in [0.29, 0.717) is 16.9 Å². The molecule has 1 fully saturated rings. The highest BCUT2D eigenvalue weighted by Gasteiger charge is 2.24. The van der Waals surface area contributed by atoms with E-state index in [0.717, 1.165) is 53.8 Å². The van der Waals surface area contributed by atoms with Gasteiger partial charge in [0.2, 0.25) is 0 Å². The Balaban J connectivity index is 1.35. The molecule has 3 N–H and O–H groups in total. The highest BCUT2D eigenvalue weighted by molar-refractivity contribution is 7.98. The number of ether oxygens (including phenoxy) is 1. The average molecular weight is 596 g/mol. The Labute approximate surface area is 257 Å². The summed E-state index contributed by atoms with van der Waals surface area (Å²) in [6.07, 6.45) is 2.01. The molecule has 1 aliphatic heterocycles. The third-order valence-electron chi connectivity index (χ3n) is 7.54. The van der Waals surface area contributed by atoms with E-state index in [1.807, 2.05) is 98.1 Å². The molecule has 0 bridgehead atoms. The molecule has 1 atom stereocenters. The van der Waals surface area contributed by atoms with Gasteiger partial charge in [0.1, 0.15) is 5.75 Å². The first-order chi connectivity index (χ1) is 20.9. The summed E-state index contributed by atoms with van der Waals surface area (Å²) >= 11 is 1.64. The number of urea groups is 1. The molecular formula is C34H37N5O3S. The van der Waals surface area contributed by atoms with Crippen molar-refractivity contribution in [1.82, 2.24) is 5.32 Å². The number of carbonyl (C=O) groups is 2. The first-order valence-electron chi connectivity index (χ1n) is 14.3. The van der Waals surface area contributed by atoms with E-state index in [1.54, 1.807) is 24.9 Å². The van der Waals surface area contributed by atoms with Crippen LogP contribution in [0.2, 0.25) is 0 Å². The fourth-order valence-corrected chi connectivity index (χ4v) is 5.63. The van der Waals surface area contributed by atoms with Crippen molar-refractivity contribution in [3.8, 4) is 5.75 Å². The number of carbonyl (C=O) groups excluding carboxylic acids is 2. The van der Waals surface area contributed by atoms with Gasteiger partial charge in [-0.1, -0.05) is 42.5 Å². The molecule has 3 amide bonds. The summed E-state index contributed by atoms with van der Waals surface area (Å²) in [5, 5.41) is 8.91. The lowest BCUT2D eigenvalue weighted by atomic mass is 10.1. The van der Waals surface area contributed by atoms with Crippen molar-refractivity contribution in [3.05, 3.63) is 108 Å². The van der Waals surface area contributed by atoms with Crippen molar-refractivity contribution in [2.45, 2.75) is 17.9 Å². The van der Waals surface area contributed by atoms with E-state index in [4.69, 9.17) is 4.74 Å². The summed E-state index contributed by atoms with van der Waals surface area (Å²) in [5.41, 5.74) is 4.64. The topological polar surface area (TPSA) is 85.9 Å². The Kier molecular flexibility index (Phi) is 9.73. The van der Waals surface area contributed by atoms with Gasteiger partial charge >= 0.3 is 6.03 Å². The number of nitrogens with one attached hydrogen (secondary N) is 3. The zero-order valence-corrected chi connectivity index (χ0v) is 25.5. The third-order valence-corrected chi connectivity index (χ3v) is 8.28. The monoisotopic (exact) mass is 595 g/mol. The molecule has 4 aromatic rings. The second-order valence-electron chi connectivity index (χ2n) is 10.3. The Bertz CT molecular complexity index is 1540. The van der Waals surface area contributed by atoms with Crippen molar-refractivity contribution in [3.63, 3.8) is 0 Å². The molecule has 1 heterocycles. The van der Waals surface area contributed by atoms with Gasteiger partial charge < -0.3 is 30.5 Å². The van der Waals surface area contributed by atoms with E-state index in [2.05, 4.69) is 31.8 Å². The van der Waals surface area contributed by atoms with Gasteiger partial charge in [0, 0.05) is 48.1 Å². The second kappa shape index (κ2) is 14.0. The van der Waals surface area contributed by atoms with Gasteiger partial charge in [0.05, 0.1) is 24.4 Å². The molecule has 0 aliphatic carbocycles. The molecule has 0 radical (unpaired) electrons. The van der Waals surface area contributed by atoms with Gasteiger partial charge in [0.15, 0.2) is 0 Å². The van der Waals surface area contributed by atoms with Gasteiger partial charge in [-0.3, -0.25) is 4.79 Å². The minimum atomic E-state index is -0.376. The number of thioether (sulfide) groups is 1. The molecule has 0 saturated carbocycles. The standard InChI is InChI=1S/C34H37N5O3S/c1-24(25-9-5-4-6-10-25)35-33(40)29-23-27(37-34(41)36-26-13-16-28(43-3)17-14-26)15-18-30(29)38-19-21-39(22-20-38)31-11-7-8-12-32(31)42-2/h4-18,23-24H,19-22H2,1-3H3,(H,35,40)(H2,36,37,41)/t24-/m0/s1. The maximum Gasteiger partial charge on any atom is 0.323 e. The average Bonchev–Trinajstić information content (AvgIpc) is 3.05. The fraction of sp³-hybridized carbons (Fsp3) is 0.235. The first kappa shape index (κ1) is 29.8. The molecule has 222 valence electrons. The summed E-state index contributed by atoms with van der Waals surface area (Å²) in [4.78, 5) is 32.2. The van der Waals surface area contributed by atoms with Crippen LogP contribution >= 0.6 is 11.8 Å². The number of rotatable bonds is 9. The predicted molar refractivity (Wildman–Crippen MR) is 177 cm³/mol. The zero-order chi connectivity index (χ0) is 30.2. The van der Waals surface area contributed by atoms with Crippen molar-refractivity contribution in [2.24, 2.45) is 0 Å². The molecule has 0 aromatic heterocycles. The number of anilines is 4. The van der Waals surface area contributed by atoms with Crippen LogP contribution in [0.15, 0.2) is 102 Å². The Morgan fingerprint density at radius 2 is 1.37 bits per heavy atom. The van der Waals surface area contributed by atoms with Crippen molar-refractivity contribution < 1.29 is 14.3 Å². The Hall–Kier alpha value is -4.63. The molecule has 1 saturated heterocycles. The van der Waals surface area contributed by atoms with Gasteiger partial charge in [0.25, 0.3) is 5.91 Å². The minimum Gasteiger partial charge on any atom is -0.495 e. The summed E-state index contributed by atoms with van der Waals surface area (Å²) < 4.78 is 5.58. The number of amides is 3. The number of hydrogen-bond donors (Lipinski definition) is 3. The van der Waals surface area contributed by atoms with E-state index >= 15 is 0 Å². The number of para-hydroxylation sites is 2.